The highest BCUT2D eigenvalue weighted by Crippen LogP contribution is 2.29. The molecule has 0 unspecified atom stereocenters. The molecule has 1 aromatic heterocycles. The highest BCUT2D eigenvalue weighted by Gasteiger charge is 2.16. The normalized spacial score (nSPS) is 11.1. The van der Waals surface area contributed by atoms with Crippen LogP contribution in [0.2, 0.25) is 0 Å². The van der Waals surface area contributed by atoms with Crippen molar-refractivity contribution < 1.29 is 13.5 Å². The minimum atomic E-state index is -0.679. The average Bonchev–Trinajstić information content (AvgIpc) is 2.49. The molecule has 0 aliphatic rings. The fourth-order valence-electron chi connectivity index (χ4n) is 2.10. The first-order valence-corrected chi connectivity index (χ1v) is 8.92. The quantitative estimate of drug-likeness (QED) is 0.673. The van der Waals surface area contributed by atoms with Crippen LogP contribution in [0.4, 0.5) is 8.78 Å². The van der Waals surface area contributed by atoms with Crippen LogP contribution >= 0.6 is 27.7 Å². The molecule has 0 fully saturated rings. The summed E-state index contributed by atoms with van der Waals surface area (Å²) in [5.74, 6) is -0.988. The Kier molecular flexibility index (Phi) is 5.86. The SMILES string of the molecule is CSc1cc(OCc2ccc(F)cc2F)c(Br)c(=O)n1C(C)C. The number of ether oxygens (including phenoxy) is 1. The number of thioether (sulfide) groups is 1. The number of pyridine rings is 1. The standard InChI is InChI=1S/C16H16BrF2NO2S/c1-9(2)20-14(23-3)7-13(15(17)16(20)21)22-8-10-4-5-11(18)6-12(10)19/h4-7,9H,8H2,1-3H3. The lowest BCUT2D eigenvalue weighted by Crippen LogP contribution is -2.24. The van der Waals surface area contributed by atoms with E-state index >= 15 is 0 Å². The molecule has 0 aliphatic carbocycles. The Morgan fingerprint density at radius 2 is 2.00 bits per heavy atom. The van der Waals surface area contributed by atoms with Gasteiger partial charge in [0.1, 0.15) is 28.5 Å². The molecule has 0 saturated carbocycles. The number of aromatic nitrogens is 1. The average molecular weight is 404 g/mol. The van der Waals surface area contributed by atoms with Gasteiger partial charge < -0.3 is 4.74 Å². The maximum absolute atomic E-state index is 13.6. The second kappa shape index (κ2) is 7.49. The first kappa shape index (κ1) is 18.0. The van der Waals surface area contributed by atoms with Crippen LogP contribution in [0.5, 0.6) is 5.75 Å². The highest BCUT2D eigenvalue weighted by molar-refractivity contribution is 9.10. The second-order valence-corrected chi connectivity index (χ2v) is 6.78. The van der Waals surface area contributed by atoms with Gasteiger partial charge in [0.2, 0.25) is 0 Å². The summed E-state index contributed by atoms with van der Waals surface area (Å²) in [7, 11) is 0. The summed E-state index contributed by atoms with van der Waals surface area (Å²) >= 11 is 4.67. The summed E-state index contributed by atoms with van der Waals surface area (Å²) < 4.78 is 34.1. The van der Waals surface area contributed by atoms with Gasteiger partial charge in [0.05, 0.1) is 5.03 Å². The maximum atomic E-state index is 13.6. The van der Waals surface area contributed by atoms with Gasteiger partial charge in [-0.2, -0.15) is 0 Å². The number of nitrogens with zero attached hydrogens (tertiary/aromatic N) is 1. The van der Waals surface area contributed by atoms with Crippen LogP contribution in [0.3, 0.4) is 0 Å². The number of hydrogen-bond acceptors (Lipinski definition) is 3. The third kappa shape index (κ3) is 3.95. The van der Waals surface area contributed by atoms with Gasteiger partial charge in [-0.15, -0.1) is 11.8 Å². The van der Waals surface area contributed by atoms with Gasteiger partial charge in [-0.05, 0) is 48.2 Å². The van der Waals surface area contributed by atoms with Crippen molar-refractivity contribution in [1.82, 2.24) is 4.57 Å². The Labute approximate surface area is 145 Å². The number of halogens is 3. The van der Waals surface area contributed by atoms with E-state index in [2.05, 4.69) is 15.9 Å². The molecule has 0 aliphatic heterocycles. The predicted molar refractivity (Wildman–Crippen MR) is 91.3 cm³/mol. The van der Waals surface area contributed by atoms with E-state index in [0.717, 1.165) is 11.1 Å². The van der Waals surface area contributed by atoms with Crippen molar-refractivity contribution in [3.63, 3.8) is 0 Å². The van der Waals surface area contributed by atoms with Crippen molar-refractivity contribution in [1.29, 1.82) is 0 Å². The van der Waals surface area contributed by atoms with Crippen LogP contribution in [-0.4, -0.2) is 10.8 Å². The summed E-state index contributed by atoms with van der Waals surface area (Å²) in [6, 6.07) is 5.03. The van der Waals surface area contributed by atoms with E-state index in [1.807, 2.05) is 20.1 Å². The molecule has 2 aromatic rings. The molecule has 3 nitrogen and oxygen atoms in total. The van der Waals surface area contributed by atoms with Gasteiger partial charge in [0.15, 0.2) is 0 Å². The molecular formula is C16H16BrF2NO2S. The molecule has 0 radical (unpaired) electrons. The first-order valence-electron chi connectivity index (χ1n) is 6.91. The topological polar surface area (TPSA) is 31.2 Å². The molecule has 0 N–H and O–H groups in total. The van der Waals surface area contributed by atoms with Gasteiger partial charge in [-0.1, -0.05) is 0 Å². The van der Waals surface area contributed by atoms with Crippen LogP contribution < -0.4 is 10.3 Å². The Balaban J connectivity index is 2.33. The summed E-state index contributed by atoms with van der Waals surface area (Å²) in [5.41, 5.74) is 0.0125. The zero-order valence-electron chi connectivity index (χ0n) is 12.9. The molecule has 124 valence electrons. The summed E-state index contributed by atoms with van der Waals surface area (Å²) in [5, 5.41) is 0.753. The minimum absolute atomic E-state index is 0.00448. The Bertz CT molecular complexity index is 777. The molecular weight excluding hydrogens is 388 g/mol. The fraction of sp³-hybridized carbons (Fsp3) is 0.312. The third-order valence-corrected chi connectivity index (χ3v) is 4.70. The molecule has 23 heavy (non-hydrogen) atoms. The zero-order chi connectivity index (χ0) is 17.1. The molecule has 0 atom stereocenters. The molecule has 0 saturated heterocycles. The van der Waals surface area contributed by atoms with E-state index in [4.69, 9.17) is 4.74 Å². The minimum Gasteiger partial charge on any atom is -0.487 e. The zero-order valence-corrected chi connectivity index (χ0v) is 15.3. The van der Waals surface area contributed by atoms with Crippen LogP contribution in [0.1, 0.15) is 25.5 Å². The van der Waals surface area contributed by atoms with Gasteiger partial charge in [-0.25, -0.2) is 8.78 Å². The number of benzene rings is 1. The largest absolute Gasteiger partial charge is 0.487 e. The molecule has 0 spiro atoms. The molecule has 2 rings (SSSR count). The predicted octanol–water partition coefficient (Wildman–Crippen LogP) is 4.77. The van der Waals surface area contributed by atoms with E-state index in [0.29, 0.717) is 5.75 Å². The highest BCUT2D eigenvalue weighted by atomic mass is 79.9. The van der Waals surface area contributed by atoms with Crippen LogP contribution in [0.15, 0.2) is 38.6 Å². The van der Waals surface area contributed by atoms with E-state index in [1.54, 1.807) is 10.6 Å². The smallest absolute Gasteiger partial charge is 0.269 e. The van der Waals surface area contributed by atoms with Crippen molar-refractivity contribution in [3.8, 4) is 5.75 Å². The van der Waals surface area contributed by atoms with Crippen LogP contribution in [-0.2, 0) is 6.61 Å². The summed E-state index contributed by atoms with van der Waals surface area (Å²) in [4.78, 5) is 12.4. The van der Waals surface area contributed by atoms with Crippen molar-refractivity contribution in [2.24, 2.45) is 0 Å². The molecule has 0 bridgehead atoms. The molecule has 7 heteroatoms. The van der Waals surface area contributed by atoms with E-state index in [9.17, 15) is 13.6 Å². The van der Waals surface area contributed by atoms with Gasteiger partial charge in [0.25, 0.3) is 5.56 Å². The lowest BCUT2D eigenvalue weighted by atomic mass is 10.2. The second-order valence-electron chi connectivity index (χ2n) is 5.16. The van der Waals surface area contributed by atoms with Gasteiger partial charge >= 0.3 is 0 Å². The number of rotatable bonds is 5. The van der Waals surface area contributed by atoms with E-state index < -0.39 is 11.6 Å². The Hall–Kier alpha value is -1.34. The van der Waals surface area contributed by atoms with E-state index in [1.165, 1.54) is 23.9 Å². The molecule has 0 amide bonds. The summed E-state index contributed by atoms with van der Waals surface area (Å²) in [6.07, 6.45) is 1.87. The van der Waals surface area contributed by atoms with Crippen molar-refractivity contribution in [2.75, 3.05) is 6.26 Å². The first-order chi connectivity index (χ1) is 10.8. The Morgan fingerprint density at radius 3 is 2.57 bits per heavy atom. The fourth-order valence-corrected chi connectivity index (χ4v) is 3.24. The van der Waals surface area contributed by atoms with Gasteiger partial charge in [0, 0.05) is 23.7 Å². The Morgan fingerprint density at radius 1 is 1.30 bits per heavy atom. The van der Waals surface area contributed by atoms with Crippen molar-refractivity contribution >= 4 is 27.7 Å². The third-order valence-electron chi connectivity index (χ3n) is 3.24. The van der Waals surface area contributed by atoms with Crippen LogP contribution in [0.25, 0.3) is 0 Å². The van der Waals surface area contributed by atoms with Crippen molar-refractivity contribution in [2.45, 2.75) is 31.5 Å². The number of hydrogen-bond donors (Lipinski definition) is 0. The monoisotopic (exact) mass is 403 g/mol. The van der Waals surface area contributed by atoms with Crippen molar-refractivity contribution in [3.05, 3.63) is 56.3 Å². The van der Waals surface area contributed by atoms with Gasteiger partial charge in [-0.3, -0.25) is 9.36 Å². The summed E-state index contributed by atoms with van der Waals surface area (Å²) in [6.45, 7) is 3.74. The lowest BCUT2D eigenvalue weighted by molar-refractivity contribution is 0.294. The molecule has 1 aromatic carbocycles. The maximum Gasteiger partial charge on any atom is 0.269 e. The van der Waals surface area contributed by atoms with E-state index in [-0.39, 0.29) is 28.2 Å². The molecule has 1 heterocycles. The lowest BCUT2D eigenvalue weighted by Gasteiger charge is -2.18. The van der Waals surface area contributed by atoms with Crippen LogP contribution in [0, 0.1) is 11.6 Å².